The normalized spacial score (nSPS) is 21.3. The molecule has 2 N–H and O–H groups in total. The van der Waals surface area contributed by atoms with Gasteiger partial charge < -0.3 is 15.2 Å². The van der Waals surface area contributed by atoms with Crippen molar-refractivity contribution in [2.24, 2.45) is 5.92 Å². The number of hydrogen-bond donors (Lipinski definition) is 2. The van der Waals surface area contributed by atoms with Crippen LogP contribution >= 0.6 is 0 Å². The number of benzene rings is 1. The van der Waals surface area contributed by atoms with Crippen LogP contribution in [0.1, 0.15) is 36.8 Å². The summed E-state index contributed by atoms with van der Waals surface area (Å²) in [7, 11) is 0. The molecule has 1 aliphatic rings. The molecule has 1 saturated carbocycles. The van der Waals surface area contributed by atoms with Crippen molar-refractivity contribution in [1.82, 2.24) is 5.32 Å². The highest BCUT2D eigenvalue weighted by molar-refractivity contribution is 5.76. The predicted octanol–water partition coefficient (Wildman–Crippen LogP) is 2.35. The van der Waals surface area contributed by atoms with Crippen LogP contribution in [0.4, 0.5) is 0 Å². The molecule has 0 aromatic heterocycles. The largest absolute Gasteiger partial charge is 0.493 e. The third-order valence-electron chi connectivity index (χ3n) is 4.17. The first kappa shape index (κ1) is 15.8. The average molecular weight is 291 g/mol. The maximum atomic E-state index is 11.9. The van der Waals surface area contributed by atoms with E-state index < -0.39 is 0 Å². The molecule has 116 valence electrons. The maximum Gasteiger partial charge on any atom is 0.223 e. The van der Waals surface area contributed by atoms with E-state index in [1.54, 1.807) is 0 Å². The highest BCUT2D eigenvalue weighted by atomic mass is 16.5. The molecular formula is C17H25NO3. The van der Waals surface area contributed by atoms with E-state index >= 15 is 0 Å². The molecule has 21 heavy (non-hydrogen) atoms. The molecule has 1 aliphatic carbocycles. The van der Waals surface area contributed by atoms with Gasteiger partial charge >= 0.3 is 0 Å². The van der Waals surface area contributed by atoms with Gasteiger partial charge in [-0.25, -0.2) is 0 Å². The van der Waals surface area contributed by atoms with Gasteiger partial charge in [0.2, 0.25) is 5.91 Å². The summed E-state index contributed by atoms with van der Waals surface area (Å²) < 4.78 is 5.70. The molecule has 1 fully saturated rings. The van der Waals surface area contributed by atoms with E-state index in [9.17, 15) is 9.90 Å². The summed E-state index contributed by atoms with van der Waals surface area (Å²) in [5.41, 5.74) is 2.23. The van der Waals surface area contributed by atoms with Gasteiger partial charge in [0, 0.05) is 18.6 Å². The molecule has 2 rings (SSSR count). The Morgan fingerprint density at radius 3 is 2.95 bits per heavy atom. The van der Waals surface area contributed by atoms with E-state index in [4.69, 9.17) is 4.74 Å². The highest BCUT2D eigenvalue weighted by Crippen LogP contribution is 2.25. The lowest BCUT2D eigenvalue weighted by Gasteiger charge is -2.19. The van der Waals surface area contributed by atoms with Gasteiger partial charge in [0.25, 0.3) is 0 Å². The Morgan fingerprint density at radius 2 is 2.19 bits per heavy atom. The fourth-order valence-corrected chi connectivity index (χ4v) is 2.84. The van der Waals surface area contributed by atoms with Gasteiger partial charge in [-0.15, -0.1) is 0 Å². The Kier molecular flexibility index (Phi) is 5.62. The SMILES string of the molecule is Cc1ccc(C)c(OCCC(=O)NC2CCCC2CO)c1. The van der Waals surface area contributed by atoms with Gasteiger partial charge in [-0.2, -0.15) is 0 Å². The van der Waals surface area contributed by atoms with Gasteiger partial charge in [-0.05, 0) is 43.9 Å². The Labute approximate surface area is 126 Å². The molecule has 0 saturated heterocycles. The standard InChI is InChI=1S/C17H25NO3/c1-12-6-7-13(2)16(10-12)21-9-8-17(20)18-15-5-3-4-14(15)11-19/h6-7,10,14-15,19H,3-5,8-9,11H2,1-2H3,(H,18,20). The lowest BCUT2D eigenvalue weighted by molar-refractivity contribution is -0.122. The maximum absolute atomic E-state index is 11.9. The Bertz CT molecular complexity index is 487. The fraction of sp³-hybridized carbons (Fsp3) is 0.588. The lowest BCUT2D eigenvalue weighted by atomic mass is 10.1. The third-order valence-corrected chi connectivity index (χ3v) is 4.17. The van der Waals surface area contributed by atoms with E-state index in [0.717, 1.165) is 36.1 Å². The van der Waals surface area contributed by atoms with Gasteiger partial charge in [0.15, 0.2) is 0 Å². The number of aryl methyl sites for hydroxylation is 2. The number of aliphatic hydroxyl groups is 1. The first-order valence-corrected chi connectivity index (χ1v) is 7.70. The zero-order valence-electron chi connectivity index (χ0n) is 12.9. The highest BCUT2D eigenvalue weighted by Gasteiger charge is 2.27. The first-order chi connectivity index (χ1) is 10.1. The molecule has 1 amide bonds. The predicted molar refractivity (Wildman–Crippen MR) is 82.4 cm³/mol. The number of nitrogens with one attached hydrogen (secondary N) is 1. The fourth-order valence-electron chi connectivity index (χ4n) is 2.84. The van der Waals surface area contributed by atoms with Crippen molar-refractivity contribution >= 4 is 5.91 Å². The topological polar surface area (TPSA) is 58.6 Å². The van der Waals surface area contributed by atoms with Crippen molar-refractivity contribution in [1.29, 1.82) is 0 Å². The van der Waals surface area contributed by atoms with Gasteiger partial charge in [0.1, 0.15) is 5.75 Å². The van der Waals surface area contributed by atoms with Crippen molar-refractivity contribution in [3.05, 3.63) is 29.3 Å². The number of hydrogen-bond acceptors (Lipinski definition) is 3. The van der Waals surface area contributed by atoms with Crippen LogP contribution in [0.5, 0.6) is 5.75 Å². The summed E-state index contributed by atoms with van der Waals surface area (Å²) in [6.07, 6.45) is 3.40. The molecule has 0 aliphatic heterocycles. The molecule has 1 aromatic rings. The molecule has 4 nitrogen and oxygen atoms in total. The summed E-state index contributed by atoms with van der Waals surface area (Å²) in [5.74, 6) is 1.07. The monoisotopic (exact) mass is 291 g/mol. The number of ether oxygens (including phenoxy) is 1. The van der Waals surface area contributed by atoms with E-state index in [1.165, 1.54) is 0 Å². The molecule has 0 radical (unpaired) electrons. The van der Waals surface area contributed by atoms with Crippen molar-refractivity contribution in [2.45, 2.75) is 45.6 Å². The molecule has 2 unspecified atom stereocenters. The van der Waals surface area contributed by atoms with Crippen molar-refractivity contribution < 1.29 is 14.6 Å². The number of carbonyl (C=O) groups is 1. The molecule has 2 atom stereocenters. The van der Waals surface area contributed by atoms with Crippen molar-refractivity contribution in [3.8, 4) is 5.75 Å². The zero-order valence-corrected chi connectivity index (χ0v) is 12.9. The van der Waals surface area contributed by atoms with E-state index in [-0.39, 0.29) is 24.5 Å². The summed E-state index contributed by atoms with van der Waals surface area (Å²) in [6, 6.07) is 6.19. The molecule has 0 bridgehead atoms. The van der Waals surface area contributed by atoms with E-state index in [0.29, 0.717) is 13.0 Å². The second-order valence-corrected chi connectivity index (χ2v) is 5.91. The van der Waals surface area contributed by atoms with Crippen LogP contribution < -0.4 is 10.1 Å². The summed E-state index contributed by atoms with van der Waals surface area (Å²) in [4.78, 5) is 11.9. The van der Waals surface area contributed by atoms with Crippen molar-refractivity contribution in [2.75, 3.05) is 13.2 Å². The minimum Gasteiger partial charge on any atom is -0.493 e. The smallest absolute Gasteiger partial charge is 0.223 e. The summed E-state index contributed by atoms with van der Waals surface area (Å²) in [5, 5.41) is 12.3. The lowest BCUT2D eigenvalue weighted by Crippen LogP contribution is -2.39. The minimum absolute atomic E-state index is 0.00524. The number of carbonyl (C=O) groups excluding carboxylic acids is 1. The van der Waals surface area contributed by atoms with Crippen LogP contribution in [0.3, 0.4) is 0 Å². The van der Waals surface area contributed by atoms with Gasteiger partial charge in [0.05, 0.1) is 13.0 Å². The third kappa shape index (κ3) is 4.46. The summed E-state index contributed by atoms with van der Waals surface area (Å²) in [6.45, 7) is 4.56. The minimum atomic E-state index is 0.00524. The molecular weight excluding hydrogens is 266 g/mol. The zero-order chi connectivity index (χ0) is 15.2. The molecule has 1 aromatic carbocycles. The Morgan fingerprint density at radius 1 is 1.38 bits per heavy atom. The molecule has 0 spiro atoms. The van der Waals surface area contributed by atoms with Crippen LogP contribution in [0.25, 0.3) is 0 Å². The molecule has 0 heterocycles. The average Bonchev–Trinajstić information content (AvgIpc) is 2.89. The van der Waals surface area contributed by atoms with Crippen LogP contribution in [0.15, 0.2) is 18.2 Å². The van der Waals surface area contributed by atoms with Crippen LogP contribution in [0, 0.1) is 19.8 Å². The Balaban J connectivity index is 1.75. The van der Waals surface area contributed by atoms with Crippen molar-refractivity contribution in [3.63, 3.8) is 0 Å². The van der Waals surface area contributed by atoms with Crippen LogP contribution in [0.2, 0.25) is 0 Å². The molecule has 4 heteroatoms. The first-order valence-electron chi connectivity index (χ1n) is 7.70. The second kappa shape index (κ2) is 7.46. The van der Waals surface area contributed by atoms with Crippen LogP contribution in [-0.2, 0) is 4.79 Å². The number of rotatable bonds is 6. The van der Waals surface area contributed by atoms with E-state index in [2.05, 4.69) is 5.32 Å². The number of amides is 1. The van der Waals surface area contributed by atoms with Gasteiger partial charge in [-0.3, -0.25) is 4.79 Å². The second-order valence-electron chi connectivity index (χ2n) is 5.91. The van der Waals surface area contributed by atoms with Gasteiger partial charge in [-0.1, -0.05) is 18.6 Å². The Hall–Kier alpha value is -1.55. The quantitative estimate of drug-likeness (QED) is 0.846. The van der Waals surface area contributed by atoms with Crippen LogP contribution in [-0.4, -0.2) is 30.3 Å². The van der Waals surface area contributed by atoms with E-state index in [1.807, 2.05) is 32.0 Å². The summed E-state index contributed by atoms with van der Waals surface area (Å²) >= 11 is 0. The number of aliphatic hydroxyl groups excluding tert-OH is 1.